The molecule has 1 amide bonds. The van der Waals surface area contributed by atoms with Gasteiger partial charge in [-0.05, 0) is 20.3 Å². The number of amides is 1. The predicted octanol–water partition coefficient (Wildman–Crippen LogP) is 4.32. The van der Waals surface area contributed by atoms with Crippen LogP contribution in [0.4, 0.5) is 0 Å². The van der Waals surface area contributed by atoms with Crippen molar-refractivity contribution in [3.8, 4) is 0 Å². The van der Waals surface area contributed by atoms with Crippen LogP contribution in [0, 0.1) is 5.92 Å². The zero-order valence-electron chi connectivity index (χ0n) is 15.3. The number of unbranched alkanes of at least 4 members (excludes halogenated alkanes) is 8. The lowest BCUT2D eigenvalue weighted by molar-refractivity contribution is -0.152. The van der Waals surface area contributed by atoms with Crippen LogP contribution in [0.25, 0.3) is 0 Å². The predicted molar refractivity (Wildman–Crippen MR) is 93.1 cm³/mol. The molecule has 0 radical (unpaired) electrons. The standard InChI is InChI=1S/C19H35NO3/c1-4-5-6-7-8-9-10-11-12-13-20-15-17(14-18(20)21)19(22)23-16(2)3/h16-17H,4-15H2,1-3H3. The minimum Gasteiger partial charge on any atom is -0.463 e. The van der Waals surface area contributed by atoms with Gasteiger partial charge in [-0.1, -0.05) is 58.3 Å². The van der Waals surface area contributed by atoms with E-state index in [9.17, 15) is 9.59 Å². The van der Waals surface area contributed by atoms with Gasteiger partial charge in [-0.15, -0.1) is 0 Å². The van der Waals surface area contributed by atoms with Crippen molar-refractivity contribution in [2.45, 2.75) is 91.1 Å². The molecule has 1 heterocycles. The van der Waals surface area contributed by atoms with Gasteiger partial charge in [0.1, 0.15) is 0 Å². The van der Waals surface area contributed by atoms with E-state index in [-0.39, 0.29) is 23.9 Å². The summed E-state index contributed by atoms with van der Waals surface area (Å²) in [6.45, 7) is 7.26. The Hall–Kier alpha value is -1.06. The van der Waals surface area contributed by atoms with Crippen LogP contribution in [0.2, 0.25) is 0 Å². The quantitative estimate of drug-likeness (QED) is 0.396. The third kappa shape index (κ3) is 8.38. The molecule has 1 aliphatic heterocycles. The van der Waals surface area contributed by atoms with Crippen LogP contribution in [-0.4, -0.2) is 36.0 Å². The molecule has 0 bridgehead atoms. The van der Waals surface area contributed by atoms with Gasteiger partial charge in [-0.2, -0.15) is 0 Å². The van der Waals surface area contributed by atoms with Gasteiger partial charge in [0.15, 0.2) is 0 Å². The van der Waals surface area contributed by atoms with Crippen LogP contribution < -0.4 is 0 Å². The molecule has 1 fully saturated rings. The first kappa shape index (κ1) is 20.0. The number of nitrogens with zero attached hydrogens (tertiary/aromatic N) is 1. The number of carbonyl (C=O) groups excluding carboxylic acids is 2. The minimum absolute atomic E-state index is 0.107. The maximum atomic E-state index is 12.0. The summed E-state index contributed by atoms with van der Waals surface area (Å²) in [5, 5.41) is 0. The maximum absolute atomic E-state index is 12.0. The molecule has 4 heteroatoms. The molecular weight excluding hydrogens is 290 g/mol. The van der Waals surface area contributed by atoms with E-state index in [1.165, 1.54) is 51.4 Å². The van der Waals surface area contributed by atoms with Gasteiger partial charge in [-0.25, -0.2) is 0 Å². The van der Waals surface area contributed by atoms with E-state index in [1.807, 2.05) is 18.7 Å². The molecule has 0 aliphatic carbocycles. The average Bonchev–Trinajstić information content (AvgIpc) is 2.86. The van der Waals surface area contributed by atoms with Gasteiger partial charge in [0.05, 0.1) is 12.0 Å². The molecule has 1 unspecified atom stereocenters. The highest BCUT2D eigenvalue weighted by Crippen LogP contribution is 2.20. The highest BCUT2D eigenvalue weighted by molar-refractivity contribution is 5.86. The fourth-order valence-corrected chi connectivity index (χ4v) is 3.09. The fraction of sp³-hybridized carbons (Fsp3) is 0.895. The first-order chi connectivity index (χ1) is 11.0. The van der Waals surface area contributed by atoms with Crippen LogP contribution in [0.1, 0.15) is 85.0 Å². The topological polar surface area (TPSA) is 46.6 Å². The van der Waals surface area contributed by atoms with Crippen LogP contribution in [0.15, 0.2) is 0 Å². The molecule has 0 aromatic heterocycles. The van der Waals surface area contributed by atoms with Gasteiger partial charge in [0, 0.05) is 19.5 Å². The van der Waals surface area contributed by atoms with E-state index < -0.39 is 0 Å². The van der Waals surface area contributed by atoms with E-state index in [1.54, 1.807) is 0 Å². The van der Waals surface area contributed by atoms with Crippen LogP contribution in [-0.2, 0) is 14.3 Å². The summed E-state index contributed by atoms with van der Waals surface area (Å²) in [6, 6.07) is 0. The van der Waals surface area contributed by atoms with Gasteiger partial charge in [0.25, 0.3) is 0 Å². The Bertz CT molecular complexity index is 355. The number of carbonyl (C=O) groups is 2. The molecule has 23 heavy (non-hydrogen) atoms. The Labute approximate surface area is 141 Å². The number of likely N-dealkylation sites (tertiary alicyclic amines) is 1. The number of hydrogen-bond acceptors (Lipinski definition) is 3. The minimum atomic E-state index is -0.261. The van der Waals surface area contributed by atoms with Crippen LogP contribution in [0.5, 0.6) is 0 Å². The summed E-state index contributed by atoms with van der Waals surface area (Å²) in [6.07, 6.45) is 11.7. The Balaban J connectivity index is 2.07. The van der Waals surface area contributed by atoms with Crippen molar-refractivity contribution in [1.29, 1.82) is 0 Å². The second-order valence-corrected chi connectivity index (χ2v) is 7.05. The van der Waals surface area contributed by atoms with Gasteiger partial charge in [0.2, 0.25) is 5.91 Å². The summed E-state index contributed by atoms with van der Waals surface area (Å²) in [4.78, 5) is 25.7. The first-order valence-electron chi connectivity index (χ1n) is 9.52. The molecule has 4 nitrogen and oxygen atoms in total. The van der Waals surface area contributed by atoms with Crippen molar-refractivity contribution >= 4 is 11.9 Å². The number of rotatable bonds is 12. The zero-order valence-corrected chi connectivity index (χ0v) is 15.3. The summed E-state index contributed by atoms with van der Waals surface area (Å²) >= 11 is 0. The van der Waals surface area contributed by atoms with E-state index in [2.05, 4.69) is 6.92 Å². The van der Waals surface area contributed by atoms with Gasteiger partial charge >= 0.3 is 5.97 Å². The zero-order chi connectivity index (χ0) is 17.1. The Kier molecular flexibility index (Phi) is 9.97. The van der Waals surface area contributed by atoms with Crippen molar-refractivity contribution < 1.29 is 14.3 Å². The van der Waals surface area contributed by atoms with E-state index >= 15 is 0 Å². The van der Waals surface area contributed by atoms with Gasteiger partial charge < -0.3 is 9.64 Å². The fourth-order valence-electron chi connectivity index (χ4n) is 3.09. The molecule has 134 valence electrons. The van der Waals surface area contributed by atoms with E-state index in [0.29, 0.717) is 13.0 Å². The SMILES string of the molecule is CCCCCCCCCCCN1CC(C(=O)OC(C)C)CC1=O. The first-order valence-corrected chi connectivity index (χ1v) is 9.52. The molecule has 0 saturated carbocycles. The van der Waals surface area contributed by atoms with Crippen LogP contribution in [0.3, 0.4) is 0 Å². The second kappa shape index (κ2) is 11.5. The lowest BCUT2D eigenvalue weighted by Crippen LogP contribution is -2.28. The number of ether oxygens (including phenoxy) is 1. The second-order valence-electron chi connectivity index (χ2n) is 7.05. The Morgan fingerprint density at radius 2 is 1.65 bits per heavy atom. The maximum Gasteiger partial charge on any atom is 0.311 e. The van der Waals surface area contributed by atoms with Crippen molar-refractivity contribution in [3.63, 3.8) is 0 Å². The molecule has 1 saturated heterocycles. The third-order valence-corrected chi connectivity index (χ3v) is 4.43. The Morgan fingerprint density at radius 3 is 2.22 bits per heavy atom. The van der Waals surface area contributed by atoms with Crippen molar-refractivity contribution in [3.05, 3.63) is 0 Å². The Morgan fingerprint density at radius 1 is 1.09 bits per heavy atom. The van der Waals surface area contributed by atoms with Gasteiger partial charge in [-0.3, -0.25) is 9.59 Å². The van der Waals surface area contributed by atoms with Crippen LogP contribution >= 0.6 is 0 Å². The lowest BCUT2D eigenvalue weighted by atomic mass is 10.1. The molecule has 1 atom stereocenters. The molecule has 1 rings (SSSR count). The summed E-state index contributed by atoms with van der Waals surface area (Å²) in [7, 11) is 0. The van der Waals surface area contributed by atoms with E-state index in [0.717, 1.165) is 13.0 Å². The molecule has 1 aliphatic rings. The molecule has 0 N–H and O–H groups in total. The number of esters is 1. The summed E-state index contributed by atoms with van der Waals surface area (Å²) in [5.74, 6) is -0.373. The van der Waals surface area contributed by atoms with Crippen molar-refractivity contribution in [2.24, 2.45) is 5.92 Å². The van der Waals surface area contributed by atoms with Crippen molar-refractivity contribution in [2.75, 3.05) is 13.1 Å². The highest BCUT2D eigenvalue weighted by Gasteiger charge is 2.35. The monoisotopic (exact) mass is 325 g/mol. The number of hydrogen-bond donors (Lipinski definition) is 0. The average molecular weight is 325 g/mol. The lowest BCUT2D eigenvalue weighted by Gasteiger charge is -2.16. The molecular formula is C19H35NO3. The van der Waals surface area contributed by atoms with E-state index in [4.69, 9.17) is 4.74 Å². The normalized spacial score (nSPS) is 18.0. The molecule has 0 aromatic carbocycles. The molecule has 0 aromatic rings. The largest absolute Gasteiger partial charge is 0.463 e. The summed E-state index contributed by atoms with van der Waals surface area (Å²) in [5.41, 5.74) is 0. The molecule has 0 spiro atoms. The smallest absolute Gasteiger partial charge is 0.311 e. The third-order valence-electron chi connectivity index (χ3n) is 4.43. The highest BCUT2D eigenvalue weighted by atomic mass is 16.5. The summed E-state index contributed by atoms with van der Waals surface area (Å²) < 4.78 is 5.21. The van der Waals surface area contributed by atoms with Crippen molar-refractivity contribution in [1.82, 2.24) is 4.90 Å².